The first-order valence-corrected chi connectivity index (χ1v) is 6.58. The van der Waals surface area contributed by atoms with E-state index in [1.54, 1.807) is 0 Å². The van der Waals surface area contributed by atoms with Crippen LogP contribution in [0.3, 0.4) is 0 Å². The number of sulfone groups is 1. The normalized spacial score (nSPS) is 22.7. The largest absolute Gasteiger partial charge is 0.391 e. The monoisotopic (exact) mass is 221 g/mol. The van der Waals surface area contributed by atoms with Gasteiger partial charge in [-0.3, -0.25) is 4.79 Å². The van der Waals surface area contributed by atoms with Gasteiger partial charge in [0.1, 0.15) is 9.84 Å². The van der Waals surface area contributed by atoms with Crippen LogP contribution < -0.4 is 0 Å². The summed E-state index contributed by atoms with van der Waals surface area (Å²) in [5.41, 5.74) is 0. The number of aliphatic hydroxyl groups excluding tert-OH is 1. The van der Waals surface area contributed by atoms with E-state index < -0.39 is 15.9 Å². The highest BCUT2D eigenvalue weighted by molar-refractivity contribution is 7.90. The predicted molar refractivity (Wildman–Crippen MR) is 51.5 cm³/mol. The Morgan fingerprint density at radius 1 is 1.57 bits per heavy atom. The van der Waals surface area contributed by atoms with Gasteiger partial charge in [0.25, 0.3) is 0 Å². The molecule has 0 aromatic rings. The van der Waals surface area contributed by atoms with Crippen LogP contribution in [-0.4, -0.2) is 55.5 Å². The lowest BCUT2D eigenvalue weighted by atomic mass is 10.3. The molecule has 1 atom stereocenters. The third kappa shape index (κ3) is 3.63. The van der Waals surface area contributed by atoms with E-state index in [9.17, 15) is 13.2 Å². The molecular formula is C8H15NO4S. The van der Waals surface area contributed by atoms with Gasteiger partial charge < -0.3 is 10.0 Å². The predicted octanol–water partition coefficient (Wildman–Crippen LogP) is -0.986. The van der Waals surface area contributed by atoms with Gasteiger partial charge in [-0.15, -0.1) is 0 Å². The van der Waals surface area contributed by atoms with Gasteiger partial charge in [-0.25, -0.2) is 8.42 Å². The van der Waals surface area contributed by atoms with Gasteiger partial charge in [-0.2, -0.15) is 0 Å². The van der Waals surface area contributed by atoms with Crippen molar-refractivity contribution in [3.8, 4) is 0 Å². The molecule has 0 aliphatic carbocycles. The van der Waals surface area contributed by atoms with Crippen LogP contribution in [0.15, 0.2) is 0 Å². The zero-order valence-corrected chi connectivity index (χ0v) is 8.96. The lowest BCUT2D eigenvalue weighted by Gasteiger charge is -2.14. The van der Waals surface area contributed by atoms with Gasteiger partial charge >= 0.3 is 0 Å². The summed E-state index contributed by atoms with van der Waals surface area (Å²) in [6.45, 7) is 0.867. The highest BCUT2D eigenvalue weighted by Crippen LogP contribution is 2.10. The van der Waals surface area contributed by atoms with Crippen molar-refractivity contribution < 1.29 is 18.3 Å². The summed E-state index contributed by atoms with van der Waals surface area (Å²) in [7, 11) is -3.07. The van der Waals surface area contributed by atoms with Crippen LogP contribution in [0.1, 0.15) is 12.8 Å². The van der Waals surface area contributed by atoms with Crippen LogP contribution in [0, 0.1) is 0 Å². The molecule has 1 saturated heterocycles. The third-order valence-corrected chi connectivity index (χ3v) is 3.15. The maximum absolute atomic E-state index is 11.4. The molecule has 0 spiro atoms. The molecular weight excluding hydrogens is 206 g/mol. The van der Waals surface area contributed by atoms with Crippen molar-refractivity contribution in [2.75, 3.05) is 25.1 Å². The standard InChI is InChI=1S/C8H15NO4S/c1-14(12,13)5-3-8(11)9-4-2-7(10)6-9/h7,10H,2-6H2,1H3. The fraction of sp³-hybridized carbons (Fsp3) is 0.875. The molecule has 14 heavy (non-hydrogen) atoms. The van der Waals surface area contributed by atoms with E-state index >= 15 is 0 Å². The Morgan fingerprint density at radius 3 is 2.64 bits per heavy atom. The number of nitrogens with zero attached hydrogens (tertiary/aromatic N) is 1. The second-order valence-electron chi connectivity index (χ2n) is 3.66. The van der Waals surface area contributed by atoms with Gasteiger partial charge in [-0.1, -0.05) is 0 Å². The van der Waals surface area contributed by atoms with Crippen molar-refractivity contribution in [1.82, 2.24) is 4.90 Å². The highest BCUT2D eigenvalue weighted by atomic mass is 32.2. The van der Waals surface area contributed by atoms with Crippen molar-refractivity contribution in [2.45, 2.75) is 18.9 Å². The molecule has 1 fully saturated rings. The number of likely N-dealkylation sites (tertiary alicyclic amines) is 1. The fourth-order valence-corrected chi connectivity index (χ4v) is 1.94. The average molecular weight is 221 g/mol. The first-order valence-electron chi connectivity index (χ1n) is 4.52. The molecule has 0 radical (unpaired) electrons. The van der Waals surface area contributed by atoms with E-state index in [4.69, 9.17) is 5.11 Å². The van der Waals surface area contributed by atoms with Crippen LogP contribution in [-0.2, 0) is 14.6 Å². The Bertz CT molecular complexity index is 311. The first-order chi connectivity index (χ1) is 6.38. The number of rotatable bonds is 3. The maximum atomic E-state index is 11.4. The Balaban J connectivity index is 2.36. The highest BCUT2D eigenvalue weighted by Gasteiger charge is 2.24. The van der Waals surface area contributed by atoms with Gasteiger partial charge in [0, 0.05) is 25.8 Å². The number of amides is 1. The number of β-amino-alcohol motifs (C(OH)–C–C–N with tert-alkyl or cyclic N) is 1. The van der Waals surface area contributed by atoms with Crippen molar-refractivity contribution in [3.05, 3.63) is 0 Å². The zero-order valence-electron chi connectivity index (χ0n) is 8.14. The van der Waals surface area contributed by atoms with Crippen molar-refractivity contribution in [3.63, 3.8) is 0 Å². The first kappa shape index (κ1) is 11.5. The summed E-state index contributed by atoms with van der Waals surface area (Å²) < 4.78 is 21.6. The molecule has 82 valence electrons. The summed E-state index contributed by atoms with van der Waals surface area (Å²) in [5, 5.41) is 9.16. The molecule has 0 saturated carbocycles. The van der Waals surface area contributed by atoms with Crippen LogP contribution in [0.4, 0.5) is 0 Å². The Kier molecular flexibility index (Phi) is 3.49. The lowest BCUT2D eigenvalue weighted by molar-refractivity contribution is -0.130. The Morgan fingerprint density at radius 2 is 2.21 bits per heavy atom. The van der Waals surface area contributed by atoms with Crippen LogP contribution >= 0.6 is 0 Å². The number of hydrogen-bond donors (Lipinski definition) is 1. The minimum Gasteiger partial charge on any atom is -0.391 e. The van der Waals surface area contributed by atoms with E-state index in [1.165, 1.54) is 4.90 Å². The molecule has 1 aliphatic rings. The number of carbonyl (C=O) groups excluding carboxylic acids is 1. The van der Waals surface area contributed by atoms with Crippen LogP contribution in [0.25, 0.3) is 0 Å². The SMILES string of the molecule is CS(=O)(=O)CCC(=O)N1CCC(O)C1. The molecule has 1 heterocycles. The quantitative estimate of drug-likeness (QED) is 0.664. The second-order valence-corrected chi connectivity index (χ2v) is 5.92. The Labute approximate surface area is 83.6 Å². The molecule has 1 amide bonds. The number of carbonyl (C=O) groups is 1. The van der Waals surface area contributed by atoms with Crippen molar-refractivity contribution in [1.29, 1.82) is 0 Å². The third-order valence-electron chi connectivity index (χ3n) is 2.20. The van der Waals surface area contributed by atoms with Gasteiger partial charge in [0.15, 0.2) is 0 Å². The zero-order chi connectivity index (χ0) is 10.8. The van der Waals surface area contributed by atoms with E-state index in [1.807, 2.05) is 0 Å². The fourth-order valence-electron chi connectivity index (χ4n) is 1.40. The van der Waals surface area contributed by atoms with Crippen molar-refractivity contribution >= 4 is 15.7 Å². The molecule has 0 aromatic heterocycles. The van der Waals surface area contributed by atoms with Crippen LogP contribution in [0.2, 0.25) is 0 Å². The molecule has 1 unspecified atom stereocenters. The maximum Gasteiger partial charge on any atom is 0.223 e. The molecule has 1 N–H and O–H groups in total. The van der Waals surface area contributed by atoms with Crippen LogP contribution in [0.5, 0.6) is 0 Å². The second kappa shape index (κ2) is 4.27. The van der Waals surface area contributed by atoms with Gasteiger partial charge in [0.2, 0.25) is 5.91 Å². The molecule has 5 nitrogen and oxygen atoms in total. The average Bonchev–Trinajstić information content (AvgIpc) is 2.46. The summed E-state index contributed by atoms with van der Waals surface area (Å²) in [4.78, 5) is 12.9. The topological polar surface area (TPSA) is 74.7 Å². The molecule has 1 aliphatic heterocycles. The summed E-state index contributed by atoms with van der Waals surface area (Å²) in [6, 6.07) is 0. The summed E-state index contributed by atoms with van der Waals surface area (Å²) in [5.74, 6) is -0.301. The number of aliphatic hydroxyl groups is 1. The molecule has 6 heteroatoms. The Hall–Kier alpha value is -0.620. The smallest absolute Gasteiger partial charge is 0.223 e. The van der Waals surface area contributed by atoms with Gasteiger partial charge in [-0.05, 0) is 6.42 Å². The summed E-state index contributed by atoms with van der Waals surface area (Å²) in [6.07, 6.45) is 1.27. The minimum atomic E-state index is -3.07. The van der Waals surface area contributed by atoms with E-state index in [0.29, 0.717) is 19.5 Å². The number of hydrogen-bond acceptors (Lipinski definition) is 4. The molecule has 1 rings (SSSR count). The van der Waals surface area contributed by atoms with Gasteiger partial charge in [0.05, 0.1) is 11.9 Å². The van der Waals surface area contributed by atoms with Crippen molar-refractivity contribution in [2.24, 2.45) is 0 Å². The lowest BCUT2D eigenvalue weighted by Crippen LogP contribution is -2.30. The van der Waals surface area contributed by atoms with E-state index in [-0.39, 0.29) is 18.1 Å². The minimum absolute atomic E-state index is 0.0194. The molecule has 0 bridgehead atoms. The molecule has 0 aromatic carbocycles. The van der Waals surface area contributed by atoms with E-state index in [2.05, 4.69) is 0 Å². The summed E-state index contributed by atoms with van der Waals surface area (Å²) >= 11 is 0. The van der Waals surface area contributed by atoms with E-state index in [0.717, 1.165) is 6.26 Å².